The zero-order valence-corrected chi connectivity index (χ0v) is 12.1. The SMILES string of the molecule is COC=NC(C#N)CO[Si](C)(C)C(C)(C)C. The highest BCUT2D eigenvalue weighted by Crippen LogP contribution is 2.36. The van der Waals surface area contributed by atoms with Crippen LogP contribution >= 0.6 is 0 Å². The maximum absolute atomic E-state index is 8.87. The molecule has 0 spiro atoms. The Morgan fingerprint density at radius 1 is 1.44 bits per heavy atom. The summed E-state index contributed by atoms with van der Waals surface area (Å²) in [6, 6.07) is 1.60. The highest BCUT2D eigenvalue weighted by atomic mass is 28.4. The Balaban J connectivity index is 4.33. The summed E-state index contributed by atoms with van der Waals surface area (Å²) in [6.45, 7) is 11.1. The lowest BCUT2D eigenvalue weighted by Crippen LogP contribution is -2.42. The molecule has 0 amide bonds. The van der Waals surface area contributed by atoms with E-state index in [-0.39, 0.29) is 5.04 Å². The van der Waals surface area contributed by atoms with Gasteiger partial charge in [0.1, 0.15) is 0 Å². The Bertz CT molecular complexity index is 277. The third-order valence-electron chi connectivity index (χ3n) is 2.90. The maximum Gasteiger partial charge on any atom is 0.192 e. The standard InChI is InChI=1S/C11H22N2O2Si/c1-11(2,3)16(5,6)15-8-10(7-12)13-9-14-4/h9-10H,8H2,1-6H3. The van der Waals surface area contributed by atoms with Crippen molar-refractivity contribution in [2.75, 3.05) is 13.7 Å². The number of nitriles is 1. The molecule has 0 saturated heterocycles. The van der Waals surface area contributed by atoms with Crippen LogP contribution in [0.2, 0.25) is 18.1 Å². The summed E-state index contributed by atoms with van der Waals surface area (Å²) in [4.78, 5) is 3.93. The summed E-state index contributed by atoms with van der Waals surface area (Å²) in [6.07, 6.45) is 1.28. The third kappa shape index (κ3) is 4.77. The zero-order chi connectivity index (χ0) is 12.8. The van der Waals surface area contributed by atoms with Crippen LogP contribution < -0.4 is 0 Å². The lowest BCUT2D eigenvalue weighted by atomic mass is 10.2. The molecule has 0 N–H and O–H groups in total. The first kappa shape index (κ1) is 15.1. The molecule has 0 radical (unpaired) electrons. The molecular weight excluding hydrogens is 220 g/mol. The summed E-state index contributed by atoms with van der Waals surface area (Å²) in [7, 11) is -0.282. The average molecular weight is 242 g/mol. The average Bonchev–Trinajstić information content (AvgIpc) is 2.16. The molecule has 0 aliphatic rings. The first-order valence-electron chi connectivity index (χ1n) is 5.32. The van der Waals surface area contributed by atoms with Gasteiger partial charge in [0.25, 0.3) is 0 Å². The molecule has 1 atom stereocenters. The lowest BCUT2D eigenvalue weighted by molar-refractivity contribution is 0.279. The van der Waals surface area contributed by atoms with E-state index in [1.807, 2.05) is 0 Å². The molecular formula is C11H22N2O2Si. The molecule has 0 bridgehead atoms. The molecule has 0 aliphatic heterocycles. The van der Waals surface area contributed by atoms with Crippen LogP contribution in [0.15, 0.2) is 4.99 Å². The fraction of sp³-hybridized carbons (Fsp3) is 0.818. The van der Waals surface area contributed by atoms with Crippen molar-refractivity contribution in [3.8, 4) is 6.07 Å². The molecule has 0 fully saturated rings. The molecule has 4 nitrogen and oxygen atoms in total. The lowest BCUT2D eigenvalue weighted by Gasteiger charge is -2.36. The van der Waals surface area contributed by atoms with E-state index in [4.69, 9.17) is 9.69 Å². The zero-order valence-electron chi connectivity index (χ0n) is 11.1. The molecule has 0 aliphatic carbocycles. The highest BCUT2D eigenvalue weighted by Gasteiger charge is 2.37. The molecule has 5 heteroatoms. The van der Waals surface area contributed by atoms with E-state index in [1.165, 1.54) is 13.5 Å². The summed E-state index contributed by atoms with van der Waals surface area (Å²) < 4.78 is 10.6. The molecule has 1 unspecified atom stereocenters. The van der Waals surface area contributed by atoms with Crippen LogP contribution in [0.4, 0.5) is 0 Å². The monoisotopic (exact) mass is 242 g/mol. The fourth-order valence-electron chi connectivity index (χ4n) is 0.752. The van der Waals surface area contributed by atoms with Crippen molar-refractivity contribution < 1.29 is 9.16 Å². The molecule has 0 aromatic heterocycles. The molecule has 0 aromatic rings. The van der Waals surface area contributed by atoms with Gasteiger partial charge in [0.2, 0.25) is 0 Å². The normalized spacial score (nSPS) is 14.8. The van der Waals surface area contributed by atoms with Crippen molar-refractivity contribution >= 4 is 14.7 Å². The predicted octanol–water partition coefficient (Wildman–Crippen LogP) is 2.58. The predicted molar refractivity (Wildman–Crippen MR) is 68.1 cm³/mol. The van der Waals surface area contributed by atoms with Gasteiger partial charge in [-0.1, -0.05) is 20.8 Å². The molecule has 92 valence electrons. The van der Waals surface area contributed by atoms with Gasteiger partial charge in [0, 0.05) is 0 Å². The summed E-state index contributed by atoms with van der Waals surface area (Å²) in [5.74, 6) is 0. The van der Waals surface area contributed by atoms with Crippen LogP contribution in [0.1, 0.15) is 20.8 Å². The van der Waals surface area contributed by atoms with Crippen LogP contribution in [-0.2, 0) is 9.16 Å². The second-order valence-electron chi connectivity index (χ2n) is 5.21. The Hall–Kier alpha value is -0.863. The minimum atomic E-state index is -1.79. The number of rotatable bonds is 5. The van der Waals surface area contributed by atoms with Crippen molar-refractivity contribution in [2.45, 2.75) is 44.9 Å². The molecule has 0 aromatic carbocycles. The van der Waals surface area contributed by atoms with Crippen molar-refractivity contribution in [3.05, 3.63) is 0 Å². The summed E-state index contributed by atoms with van der Waals surface area (Å²) >= 11 is 0. The maximum atomic E-state index is 8.87. The minimum absolute atomic E-state index is 0.151. The van der Waals surface area contributed by atoms with Gasteiger partial charge in [-0.25, -0.2) is 4.99 Å². The van der Waals surface area contributed by atoms with E-state index in [9.17, 15) is 0 Å². The topological polar surface area (TPSA) is 54.6 Å². The van der Waals surface area contributed by atoms with Crippen molar-refractivity contribution in [1.29, 1.82) is 5.26 Å². The Kier molecular flexibility index (Phi) is 5.69. The van der Waals surface area contributed by atoms with Gasteiger partial charge in [0.15, 0.2) is 20.8 Å². The van der Waals surface area contributed by atoms with Gasteiger partial charge in [-0.2, -0.15) is 5.26 Å². The van der Waals surface area contributed by atoms with E-state index in [0.717, 1.165) is 0 Å². The van der Waals surface area contributed by atoms with Crippen LogP contribution in [0.3, 0.4) is 0 Å². The first-order chi connectivity index (χ1) is 7.24. The second kappa shape index (κ2) is 6.02. The fourth-order valence-corrected chi connectivity index (χ4v) is 1.76. The third-order valence-corrected chi connectivity index (χ3v) is 7.40. The van der Waals surface area contributed by atoms with Crippen LogP contribution in [0, 0.1) is 11.3 Å². The summed E-state index contributed by atoms with van der Waals surface area (Å²) in [5, 5.41) is 9.02. The van der Waals surface area contributed by atoms with Crippen LogP contribution in [-0.4, -0.2) is 34.5 Å². The van der Waals surface area contributed by atoms with Crippen LogP contribution in [0.25, 0.3) is 0 Å². The van der Waals surface area contributed by atoms with Gasteiger partial charge < -0.3 is 9.16 Å². The minimum Gasteiger partial charge on any atom is -0.487 e. The summed E-state index contributed by atoms with van der Waals surface area (Å²) in [5.41, 5.74) is 0. The highest BCUT2D eigenvalue weighted by molar-refractivity contribution is 6.74. The number of ether oxygens (including phenoxy) is 1. The first-order valence-corrected chi connectivity index (χ1v) is 8.23. The van der Waals surface area contributed by atoms with Crippen molar-refractivity contribution in [3.63, 3.8) is 0 Å². The number of hydrogen-bond donors (Lipinski definition) is 0. The van der Waals surface area contributed by atoms with E-state index in [1.54, 1.807) is 0 Å². The van der Waals surface area contributed by atoms with Gasteiger partial charge in [-0.15, -0.1) is 0 Å². The second-order valence-corrected chi connectivity index (χ2v) is 10.0. The number of methoxy groups -OCH3 is 1. The number of nitrogens with zero attached hydrogens (tertiary/aromatic N) is 2. The van der Waals surface area contributed by atoms with Crippen LogP contribution in [0.5, 0.6) is 0 Å². The van der Waals surface area contributed by atoms with Gasteiger partial charge in [-0.05, 0) is 18.1 Å². The Morgan fingerprint density at radius 2 is 2.00 bits per heavy atom. The van der Waals surface area contributed by atoms with E-state index in [0.29, 0.717) is 6.61 Å². The van der Waals surface area contributed by atoms with Gasteiger partial charge in [-0.3, -0.25) is 0 Å². The number of aliphatic imine (C=N–C) groups is 1. The molecule has 0 saturated carbocycles. The quantitative estimate of drug-likeness (QED) is 0.423. The van der Waals surface area contributed by atoms with E-state index < -0.39 is 14.4 Å². The number of hydrogen-bond acceptors (Lipinski definition) is 4. The van der Waals surface area contributed by atoms with E-state index in [2.05, 4.69) is 49.7 Å². The van der Waals surface area contributed by atoms with Crippen molar-refractivity contribution in [1.82, 2.24) is 0 Å². The molecule has 0 rings (SSSR count). The molecule has 0 heterocycles. The van der Waals surface area contributed by atoms with Gasteiger partial charge in [0.05, 0.1) is 19.8 Å². The Labute approximate surface area is 99.4 Å². The molecule has 16 heavy (non-hydrogen) atoms. The Morgan fingerprint density at radius 3 is 2.38 bits per heavy atom. The van der Waals surface area contributed by atoms with Crippen molar-refractivity contribution in [2.24, 2.45) is 4.99 Å². The smallest absolute Gasteiger partial charge is 0.192 e. The van der Waals surface area contributed by atoms with E-state index >= 15 is 0 Å². The largest absolute Gasteiger partial charge is 0.487 e. The van der Waals surface area contributed by atoms with Gasteiger partial charge >= 0.3 is 0 Å².